The van der Waals surface area contributed by atoms with E-state index in [1.54, 1.807) is 0 Å². The van der Waals surface area contributed by atoms with Crippen molar-refractivity contribution in [1.82, 2.24) is 4.90 Å². The SMILES string of the molecule is Cc1ccc(C(C)C)c(OCC(=O)Nc2ccc(CN3CCOCC3)cc2)c1. The van der Waals surface area contributed by atoms with Crippen molar-refractivity contribution < 1.29 is 14.3 Å². The molecule has 1 aliphatic heterocycles. The average Bonchev–Trinajstić information content (AvgIpc) is 2.68. The summed E-state index contributed by atoms with van der Waals surface area (Å²) < 4.78 is 11.2. The molecule has 1 amide bonds. The Morgan fingerprint density at radius 1 is 1.14 bits per heavy atom. The summed E-state index contributed by atoms with van der Waals surface area (Å²) in [6.45, 7) is 10.7. The molecule has 1 N–H and O–H groups in total. The number of ether oxygens (including phenoxy) is 2. The fourth-order valence-electron chi connectivity index (χ4n) is 3.29. The molecule has 28 heavy (non-hydrogen) atoms. The van der Waals surface area contributed by atoms with E-state index in [1.807, 2.05) is 25.1 Å². The summed E-state index contributed by atoms with van der Waals surface area (Å²) in [5, 5.41) is 2.91. The van der Waals surface area contributed by atoms with Crippen LogP contribution in [0.25, 0.3) is 0 Å². The number of aryl methyl sites for hydroxylation is 1. The molecule has 0 saturated carbocycles. The number of nitrogens with one attached hydrogen (secondary N) is 1. The number of anilines is 1. The number of morpholine rings is 1. The fourth-order valence-corrected chi connectivity index (χ4v) is 3.29. The highest BCUT2D eigenvalue weighted by atomic mass is 16.5. The lowest BCUT2D eigenvalue weighted by Crippen LogP contribution is -2.35. The zero-order valence-corrected chi connectivity index (χ0v) is 17.0. The van der Waals surface area contributed by atoms with Gasteiger partial charge < -0.3 is 14.8 Å². The second-order valence-electron chi connectivity index (χ2n) is 7.62. The lowest BCUT2D eigenvalue weighted by atomic mass is 10.0. The minimum atomic E-state index is -0.155. The van der Waals surface area contributed by atoms with E-state index in [2.05, 4.69) is 48.3 Å². The van der Waals surface area contributed by atoms with E-state index in [0.717, 1.165) is 55.4 Å². The molecule has 0 atom stereocenters. The first-order valence-electron chi connectivity index (χ1n) is 9.93. The molecule has 5 nitrogen and oxygen atoms in total. The number of nitrogens with zero attached hydrogens (tertiary/aromatic N) is 1. The summed E-state index contributed by atoms with van der Waals surface area (Å²) in [6, 6.07) is 14.1. The molecule has 3 rings (SSSR count). The lowest BCUT2D eigenvalue weighted by Gasteiger charge is -2.26. The maximum atomic E-state index is 12.3. The van der Waals surface area contributed by atoms with Crippen LogP contribution in [0.15, 0.2) is 42.5 Å². The number of carbonyl (C=O) groups excluding carboxylic acids is 1. The standard InChI is InChI=1S/C23H30N2O3/c1-17(2)21-9-4-18(3)14-22(21)28-16-23(26)24-20-7-5-19(6-8-20)15-25-10-12-27-13-11-25/h4-9,14,17H,10-13,15-16H2,1-3H3,(H,24,26). The van der Waals surface area contributed by atoms with Gasteiger partial charge in [-0.05, 0) is 47.7 Å². The molecule has 0 bridgehead atoms. The molecule has 5 heteroatoms. The summed E-state index contributed by atoms with van der Waals surface area (Å²) in [5.41, 5.74) is 4.26. The molecule has 1 heterocycles. The minimum Gasteiger partial charge on any atom is -0.483 e. The Morgan fingerprint density at radius 2 is 1.86 bits per heavy atom. The van der Waals surface area contributed by atoms with Crippen LogP contribution in [0.1, 0.15) is 36.5 Å². The third-order valence-corrected chi connectivity index (χ3v) is 4.90. The molecule has 0 aromatic heterocycles. The summed E-state index contributed by atoms with van der Waals surface area (Å²) >= 11 is 0. The highest BCUT2D eigenvalue weighted by molar-refractivity contribution is 5.91. The van der Waals surface area contributed by atoms with E-state index < -0.39 is 0 Å². The largest absolute Gasteiger partial charge is 0.483 e. The van der Waals surface area contributed by atoms with Crippen LogP contribution in [-0.2, 0) is 16.1 Å². The molecule has 0 unspecified atom stereocenters. The van der Waals surface area contributed by atoms with Gasteiger partial charge in [-0.25, -0.2) is 0 Å². The van der Waals surface area contributed by atoms with Crippen molar-refractivity contribution in [3.63, 3.8) is 0 Å². The van der Waals surface area contributed by atoms with Gasteiger partial charge in [0.2, 0.25) is 0 Å². The Labute approximate surface area is 167 Å². The van der Waals surface area contributed by atoms with E-state index in [0.29, 0.717) is 5.92 Å². The van der Waals surface area contributed by atoms with Gasteiger partial charge in [-0.15, -0.1) is 0 Å². The van der Waals surface area contributed by atoms with Gasteiger partial charge in [-0.1, -0.05) is 38.1 Å². The molecular weight excluding hydrogens is 352 g/mol. The second-order valence-corrected chi connectivity index (χ2v) is 7.62. The zero-order chi connectivity index (χ0) is 19.9. The number of hydrogen-bond donors (Lipinski definition) is 1. The molecule has 150 valence electrons. The molecule has 2 aromatic rings. The molecule has 0 aliphatic carbocycles. The molecule has 0 spiro atoms. The topological polar surface area (TPSA) is 50.8 Å². The summed E-state index contributed by atoms with van der Waals surface area (Å²) in [7, 11) is 0. The van der Waals surface area contributed by atoms with Gasteiger partial charge in [-0.3, -0.25) is 9.69 Å². The van der Waals surface area contributed by atoms with E-state index in [-0.39, 0.29) is 12.5 Å². The molecule has 1 aliphatic rings. The first-order valence-corrected chi connectivity index (χ1v) is 9.93. The van der Waals surface area contributed by atoms with E-state index in [4.69, 9.17) is 9.47 Å². The number of carbonyl (C=O) groups is 1. The van der Waals surface area contributed by atoms with Crippen molar-refractivity contribution >= 4 is 11.6 Å². The second kappa shape index (κ2) is 9.71. The van der Waals surface area contributed by atoms with Crippen molar-refractivity contribution in [2.75, 3.05) is 38.2 Å². The number of amides is 1. The van der Waals surface area contributed by atoms with Gasteiger partial charge in [0.15, 0.2) is 6.61 Å². The number of hydrogen-bond acceptors (Lipinski definition) is 4. The fraction of sp³-hybridized carbons (Fsp3) is 0.435. The lowest BCUT2D eigenvalue weighted by molar-refractivity contribution is -0.118. The van der Waals surface area contributed by atoms with Crippen LogP contribution in [0.3, 0.4) is 0 Å². The van der Waals surface area contributed by atoms with Crippen LogP contribution in [0.4, 0.5) is 5.69 Å². The molecule has 1 fully saturated rings. The number of benzene rings is 2. The Balaban J connectivity index is 1.51. The van der Waals surface area contributed by atoms with E-state index in [1.165, 1.54) is 5.56 Å². The van der Waals surface area contributed by atoms with Crippen LogP contribution >= 0.6 is 0 Å². The molecule has 1 saturated heterocycles. The van der Waals surface area contributed by atoms with Crippen LogP contribution in [0.5, 0.6) is 5.75 Å². The monoisotopic (exact) mass is 382 g/mol. The highest BCUT2D eigenvalue weighted by Gasteiger charge is 2.12. The first-order chi connectivity index (χ1) is 13.5. The molecular formula is C23H30N2O3. The quantitative estimate of drug-likeness (QED) is 0.787. The summed E-state index contributed by atoms with van der Waals surface area (Å²) in [5.74, 6) is 0.973. The predicted octanol–water partition coefficient (Wildman–Crippen LogP) is 3.97. The van der Waals surface area contributed by atoms with Crippen LogP contribution in [0, 0.1) is 6.92 Å². The van der Waals surface area contributed by atoms with Gasteiger partial charge in [0.05, 0.1) is 13.2 Å². The van der Waals surface area contributed by atoms with E-state index in [9.17, 15) is 4.79 Å². The van der Waals surface area contributed by atoms with Gasteiger partial charge in [0, 0.05) is 25.3 Å². The Bertz CT molecular complexity index is 781. The Morgan fingerprint density at radius 3 is 2.54 bits per heavy atom. The van der Waals surface area contributed by atoms with Crippen molar-refractivity contribution in [3.05, 3.63) is 59.2 Å². The predicted molar refractivity (Wildman–Crippen MR) is 112 cm³/mol. The minimum absolute atomic E-state index is 0.00129. The Kier molecular flexibility index (Phi) is 7.06. The maximum Gasteiger partial charge on any atom is 0.262 e. The van der Waals surface area contributed by atoms with Gasteiger partial charge in [-0.2, -0.15) is 0 Å². The van der Waals surface area contributed by atoms with Gasteiger partial charge in [0.25, 0.3) is 5.91 Å². The third kappa shape index (κ3) is 5.81. The summed E-state index contributed by atoms with van der Waals surface area (Å²) in [6.07, 6.45) is 0. The maximum absolute atomic E-state index is 12.3. The van der Waals surface area contributed by atoms with Crippen molar-refractivity contribution in [1.29, 1.82) is 0 Å². The zero-order valence-electron chi connectivity index (χ0n) is 17.0. The van der Waals surface area contributed by atoms with Crippen LogP contribution in [0.2, 0.25) is 0 Å². The van der Waals surface area contributed by atoms with E-state index >= 15 is 0 Å². The molecule has 0 radical (unpaired) electrons. The molecule has 2 aromatic carbocycles. The van der Waals surface area contributed by atoms with Crippen LogP contribution in [-0.4, -0.2) is 43.7 Å². The first kappa shape index (κ1) is 20.4. The van der Waals surface area contributed by atoms with Crippen molar-refractivity contribution in [2.45, 2.75) is 33.2 Å². The average molecular weight is 383 g/mol. The van der Waals surface area contributed by atoms with Gasteiger partial charge in [0.1, 0.15) is 5.75 Å². The van der Waals surface area contributed by atoms with Crippen molar-refractivity contribution in [2.24, 2.45) is 0 Å². The smallest absolute Gasteiger partial charge is 0.262 e. The van der Waals surface area contributed by atoms with Crippen LogP contribution < -0.4 is 10.1 Å². The Hall–Kier alpha value is -2.37. The number of rotatable bonds is 7. The summed E-state index contributed by atoms with van der Waals surface area (Å²) in [4.78, 5) is 14.7. The normalized spacial score (nSPS) is 14.9. The third-order valence-electron chi connectivity index (χ3n) is 4.90. The van der Waals surface area contributed by atoms with Crippen molar-refractivity contribution in [3.8, 4) is 5.75 Å². The van der Waals surface area contributed by atoms with Gasteiger partial charge >= 0.3 is 0 Å². The highest BCUT2D eigenvalue weighted by Crippen LogP contribution is 2.27.